The molecule has 3 aromatic rings. The van der Waals surface area contributed by atoms with Crippen LogP contribution < -0.4 is 4.74 Å². The molecule has 1 aromatic heterocycles. The topological polar surface area (TPSA) is 77.2 Å². The number of aryl methyl sites for hydroxylation is 1. The summed E-state index contributed by atoms with van der Waals surface area (Å²) in [5, 5.41) is 17.2. The average molecular weight is 353 g/mol. The van der Waals surface area contributed by atoms with Gasteiger partial charge in [0.05, 0.1) is 18.4 Å². The number of ether oxygens (including phenoxy) is 1. The van der Waals surface area contributed by atoms with Crippen LogP contribution in [0.1, 0.15) is 27.0 Å². The first kappa shape index (κ1) is 16.3. The van der Waals surface area contributed by atoms with Crippen molar-refractivity contribution in [3.05, 3.63) is 64.6 Å². The third-order valence-corrected chi connectivity index (χ3v) is 4.46. The quantitative estimate of drug-likeness (QED) is 0.780. The molecule has 0 fully saturated rings. The van der Waals surface area contributed by atoms with Crippen molar-refractivity contribution in [2.75, 3.05) is 6.61 Å². The second kappa shape index (κ2) is 6.25. The Kier molecular flexibility index (Phi) is 3.91. The van der Waals surface area contributed by atoms with Gasteiger partial charge >= 0.3 is 5.97 Å². The van der Waals surface area contributed by atoms with Crippen LogP contribution in [0.25, 0.3) is 11.3 Å². The number of carboxylic acids is 1. The van der Waals surface area contributed by atoms with Crippen molar-refractivity contribution in [2.45, 2.75) is 12.8 Å². The molecule has 1 N–H and O–H groups in total. The lowest BCUT2D eigenvalue weighted by Crippen LogP contribution is -2.05. The van der Waals surface area contributed by atoms with Gasteiger partial charge in [0.25, 0.3) is 0 Å². The third kappa shape index (κ3) is 2.81. The zero-order valence-corrected chi connectivity index (χ0v) is 14.1. The fourth-order valence-corrected chi connectivity index (χ4v) is 3.20. The Hall–Kier alpha value is -3.22. The lowest BCUT2D eigenvalue weighted by Gasteiger charge is -2.11. The summed E-state index contributed by atoms with van der Waals surface area (Å²) in [5.41, 5.74) is 3.42. The largest absolute Gasteiger partial charge is 0.493 e. The fourth-order valence-electron chi connectivity index (χ4n) is 3.20. The van der Waals surface area contributed by atoms with Crippen LogP contribution in [-0.2, 0) is 19.9 Å². The molecule has 1 aliphatic heterocycles. The maximum atomic E-state index is 14.3. The molecule has 0 bridgehead atoms. The van der Waals surface area contributed by atoms with Gasteiger partial charge in [0, 0.05) is 31.0 Å². The number of aromatic nitrogens is 3. The minimum Gasteiger partial charge on any atom is -0.493 e. The SMILES string of the molecule is Cn1cc(-c2ccc(Cc3cc(C(=O)O)c(F)c4c3OCC4)cc2)nn1. The van der Waals surface area contributed by atoms with Crippen LogP contribution in [-0.4, -0.2) is 32.7 Å². The van der Waals surface area contributed by atoms with Gasteiger partial charge in [-0.15, -0.1) is 5.10 Å². The standard InChI is InChI=1S/C19H16FN3O3/c1-23-10-16(21-22-23)12-4-2-11(3-5-12)8-13-9-15(19(24)25)17(20)14-6-7-26-18(13)14/h2-5,9-10H,6-8H2,1H3,(H,24,25). The van der Waals surface area contributed by atoms with E-state index in [-0.39, 0.29) is 5.56 Å². The normalized spacial score (nSPS) is 12.7. The van der Waals surface area contributed by atoms with Crippen LogP contribution in [0.4, 0.5) is 4.39 Å². The predicted molar refractivity (Wildman–Crippen MR) is 91.8 cm³/mol. The molecule has 26 heavy (non-hydrogen) atoms. The van der Waals surface area contributed by atoms with Gasteiger partial charge in [-0.1, -0.05) is 29.5 Å². The van der Waals surface area contributed by atoms with Gasteiger partial charge in [0.1, 0.15) is 17.3 Å². The second-order valence-corrected chi connectivity index (χ2v) is 6.26. The summed E-state index contributed by atoms with van der Waals surface area (Å²) < 4.78 is 21.5. The molecule has 0 amide bonds. The molecule has 4 rings (SSSR count). The van der Waals surface area contributed by atoms with Crippen LogP contribution in [0, 0.1) is 5.82 Å². The number of carbonyl (C=O) groups is 1. The van der Waals surface area contributed by atoms with Gasteiger partial charge in [-0.05, 0) is 17.2 Å². The number of rotatable bonds is 4. The van der Waals surface area contributed by atoms with Crippen LogP contribution in [0.2, 0.25) is 0 Å². The van der Waals surface area contributed by atoms with Crippen molar-refractivity contribution in [3.8, 4) is 17.0 Å². The number of halogens is 1. The Morgan fingerprint density at radius 2 is 2.12 bits per heavy atom. The van der Waals surface area contributed by atoms with Gasteiger partial charge < -0.3 is 9.84 Å². The molecule has 0 unspecified atom stereocenters. The first-order valence-corrected chi connectivity index (χ1v) is 8.19. The average Bonchev–Trinajstić information content (AvgIpc) is 3.27. The highest BCUT2D eigenvalue weighted by Gasteiger charge is 2.26. The number of carboxylic acid groups (broad SMARTS) is 1. The molecule has 7 heteroatoms. The summed E-state index contributed by atoms with van der Waals surface area (Å²) in [6.07, 6.45) is 2.68. The summed E-state index contributed by atoms with van der Waals surface area (Å²) in [4.78, 5) is 11.3. The van der Waals surface area contributed by atoms with E-state index in [9.17, 15) is 14.3 Å². The Bertz CT molecular complexity index is 996. The molecular weight excluding hydrogens is 337 g/mol. The van der Waals surface area contributed by atoms with E-state index in [1.165, 1.54) is 6.07 Å². The number of aromatic carboxylic acids is 1. The van der Waals surface area contributed by atoms with E-state index in [4.69, 9.17) is 4.74 Å². The molecule has 0 aliphatic carbocycles. The summed E-state index contributed by atoms with van der Waals surface area (Å²) in [5.74, 6) is -1.48. The van der Waals surface area contributed by atoms with Crippen molar-refractivity contribution in [2.24, 2.45) is 7.05 Å². The highest BCUT2D eigenvalue weighted by atomic mass is 19.1. The van der Waals surface area contributed by atoms with Crippen LogP contribution in [0.3, 0.4) is 0 Å². The number of nitrogens with zero attached hydrogens (tertiary/aromatic N) is 3. The molecule has 0 saturated heterocycles. The number of hydrogen-bond acceptors (Lipinski definition) is 4. The van der Waals surface area contributed by atoms with Crippen LogP contribution >= 0.6 is 0 Å². The molecule has 0 atom stereocenters. The zero-order valence-electron chi connectivity index (χ0n) is 14.1. The Morgan fingerprint density at radius 3 is 2.77 bits per heavy atom. The van der Waals surface area contributed by atoms with Gasteiger partial charge in [-0.25, -0.2) is 9.18 Å². The van der Waals surface area contributed by atoms with Gasteiger partial charge in [-0.2, -0.15) is 0 Å². The second-order valence-electron chi connectivity index (χ2n) is 6.26. The molecule has 132 valence electrons. The predicted octanol–water partition coefficient (Wildman–Crippen LogP) is 2.85. The van der Waals surface area contributed by atoms with Crippen LogP contribution in [0.15, 0.2) is 36.5 Å². The number of hydrogen-bond donors (Lipinski definition) is 1. The molecular formula is C19H16FN3O3. The Labute approximate surface area is 148 Å². The van der Waals surface area contributed by atoms with Gasteiger partial charge in [-0.3, -0.25) is 4.68 Å². The number of benzene rings is 2. The first-order chi connectivity index (χ1) is 12.5. The minimum atomic E-state index is -1.27. The summed E-state index contributed by atoms with van der Waals surface area (Å²) in [6.45, 7) is 0.369. The van der Waals surface area contributed by atoms with E-state index >= 15 is 0 Å². The highest BCUT2D eigenvalue weighted by molar-refractivity contribution is 5.89. The molecule has 6 nitrogen and oxygen atoms in total. The minimum absolute atomic E-state index is 0.305. The smallest absolute Gasteiger partial charge is 0.338 e. The van der Waals surface area contributed by atoms with E-state index in [2.05, 4.69) is 10.3 Å². The van der Waals surface area contributed by atoms with E-state index < -0.39 is 11.8 Å². The number of fused-ring (bicyclic) bond motifs is 1. The zero-order chi connectivity index (χ0) is 18.3. The summed E-state index contributed by atoms with van der Waals surface area (Å²) in [7, 11) is 1.81. The Balaban J connectivity index is 1.66. The van der Waals surface area contributed by atoms with Crippen LogP contribution in [0.5, 0.6) is 5.75 Å². The molecule has 2 heterocycles. The lowest BCUT2D eigenvalue weighted by atomic mass is 9.96. The summed E-state index contributed by atoms with van der Waals surface area (Å²) in [6, 6.07) is 9.12. The van der Waals surface area contributed by atoms with E-state index in [0.717, 1.165) is 16.8 Å². The molecule has 0 radical (unpaired) electrons. The monoisotopic (exact) mass is 353 g/mol. The molecule has 2 aromatic carbocycles. The van der Waals surface area contributed by atoms with Gasteiger partial charge in [0.15, 0.2) is 0 Å². The fraction of sp³-hybridized carbons (Fsp3) is 0.211. The molecule has 0 saturated carbocycles. The summed E-state index contributed by atoms with van der Waals surface area (Å²) >= 11 is 0. The van der Waals surface area contributed by atoms with Gasteiger partial charge in [0.2, 0.25) is 0 Å². The van der Waals surface area contributed by atoms with E-state index in [1.54, 1.807) is 11.7 Å². The van der Waals surface area contributed by atoms with E-state index in [1.807, 2.05) is 30.5 Å². The third-order valence-electron chi connectivity index (χ3n) is 4.46. The van der Waals surface area contributed by atoms with Crippen molar-refractivity contribution in [1.29, 1.82) is 0 Å². The molecule has 1 aliphatic rings. The maximum Gasteiger partial charge on any atom is 0.338 e. The lowest BCUT2D eigenvalue weighted by molar-refractivity contribution is 0.0691. The maximum absolute atomic E-state index is 14.3. The first-order valence-electron chi connectivity index (χ1n) is 8.19. The van der Waals surface area contributed by atoms with Crippen molar-refractivity contribution >= 4 is 5.97 Å². The van der Waals surface area contributed by atoms with Crippen molar-refractivity contribution < 1.29 is 19.0 Å². The van der Waals surface area contributed by atoms with Crippen molar-refractivity contribution in [1.82, 2.24) is 15.0 Å². The van der Waals surface area contributed by atoms with Crippen molar-refractivity contribution in [3.63, 3.8) is 0 Å². The molecule has 0 spiro atoms. The highest BCUT2D eigenvalue weighted by Crippen LogP contribution is 2.35. The van der Waals surface area contributed by atoms with E-state index in [0.29, 0.717) is 36.3 Å². The Morgan fingerprint density at radius 1 is 1.35 bits per heavy atom.